The van der Waals surface area contributed by atoms with Crippen LogP contribution in [0.3, 0.4) is 0 Å². The van der Waals surface area contributed by atoms with Crippen molar-refractivity contribution in [3.8, 4) is 0 Å². The molecule has 1 atom stereocenters. The van der Waals surface area contributed by atoms with Gasteiger partial charge in [-0.2, -0.15) is 0 Å². The first-order chi connectivity index (χ1) is 6.33. The number of alkyl halides is 1. The van der Waals surface area contributed by atoms with E-state index in [1.165, 1.54) is 5.56 Å². The summed E-state index contributed by atoms with van der Waals surface area (Å²) < 4.78 is 0. The van der Waals surface area contributed by atoms with Crippen LogP contribution < -0.4 is 0 Å². The maximum Gasteiger partial charge on any atom is 0.0704 e. The molecule has 0 N–H and O–H groups in total. The molecule has 0 amide bonds. The molecule has 2 heteroatoms. The van der Waals surface area contributed by atoms with Gasteiger partial charge in [0, 0.05) is 5.33 Å². The van der Waals surface area contributed by atoms with Gasteiger partial charge in [-0.05, 0) is 18.4 Å². The van der Waals surface area contributed by atoms with Crippen LogP contribution in [0.5, 0.6) is 0 Å². The average Bonchev–Trinajstić information content (AvgIpc) is 2.16. The van der Waals surface area contributed by atoms with E-state index in [1.54, 1.807) is 0 Å². The van der Waals surface area contributed by atoms with Gasteiger partial charge in [0.05, 0.1) is 7.85 Å². The smallest absolute Gasteiger partial charge is 0.0704 e. The van der Waals surface area contributed by atoms with Gasteiger partial charge in [0.1, 0.15) is 0 Å². The van der Waals surface area contributed by atoms with Crippen LogP contribution in [0, 0.1) is 0 Å². The molecule has 0 spiro atoms. The zero-order valence-electron chi connectivity index (χ0n) is 7.75. The SMILES string of the molecule is [B][C@@H](CCCBr)Cc1ccccc1. The molecular formula is C11H14BBr. The second-order valence-electron chi connectivity index (χ2n) is 3.28. The van der Waals surface area contributed by atoms with E-state index >= 15 is 0 Å². The fourth-order valence-electron chi connectivity index (χ4n) is 1.36. The van der Waals surface area contributed by atoms with Gasteiger partial charge in [-0.3, -0.25) is 0 Å². The van der Waals surface area contributed by atoms with Gasteiger partial charge in [-0.15, -0.1) is 0 Å². The molecule has 0 heterocycles. The van der Waals surface area contributed by atoms with E-state index in [9.17, 15) is 0 Å². The average molecular weight is 237 g/mol. The lowest BCUT2D eigenvalue weighted by molar-refractivity contribution is 0.722. The van der Waals surface area contributed by atoms with Crippen LogP contribution in [0.2, 0.25) is 5.82 Å². The zero-order chi connectivity index (χ0) is 9.52. The van der Waals surface area contributed by atoms with Crippen LogP contribution in [0.25, 0.3) is 0 Å². The van der Waals surface area contributed by atoms with Crippen LogP contribution in [0.4, 0.5) is 0 Å². The van der Waals surface area contributed by atoms with Crippen molar-refractivity contribution in [2.75, 3.05) is 5.33 Å². The highest BCUT2D eigenvalue weighted by molar-refractivity contribution is 9.09. The van der Waals surface area contributed by atoms with Crippen molar-refractivity contribution in [3.05, 3.63) is 35.9 Å². The topological polar surface area (TPSA) is 0 Å². The Morgan fingerprint density at radius 3 is 2.54 bits per heavy atom. The molecule has 0 saturated heterocycles. The maximum absolute atomic E-state index is 5.97. The summed E-state index contributed by atoms with van der Waals surface area (Å²) in [6.07, 6.45) is 3.25. The number of hydrogen-bond acceptors (Lipinski definition) is 0. The monoisotopic (exact) mass is 236 g/mol. The second kappa shape index (κ2) is 6.25. The van der Waals surface area contributed by atoms with E-state index in [1.807, 2.05) is 6.07 Å². The standard InChI is InChI=1S/C11H14BBr/c12-11(7-4-8-13)9-10-5-2-1-3-6-10/h1-3,5-6,11H,4,7-9H2/t11-/m0/s1. The van der Waals surface area contributed by atoms with Crippen molar-refractivity contribution >= 4 is 23.8 Å². The van der Waals surface area contributed by atoms with Gasteiger partial charge in [0.25, 0.3) is 0 Å². The molecule has 0 aliphatic heterocycles. The first kappa shape index (κ1) is 10.8. The number of benzene rings is 1. The van der Waals surface area contributed by atoms with E-state index in [2.05, 4.69) is 40.2 Å². The lowest BCUT2D eigenvalue weighted by atomic mass is 9.79. The first-order valence-electron chi connectivity index (χ1n) is 4.68. The highest BCUT2D eigenvalue weighted by atomic mass is 79.9. The van der Waals surface area contributed by atoms with E-state index in [0.29, 0.717) is 5.82 Å². The zero-order valence-corrected chi connectivity index (χ0v) is 9.33. The first-order valence-corrected chi connectivity index (χ1v) is 5.80. The van der Waals surface area contributed by atoms with Crippen molar-refractivity contribution in [3.63, 3.8) is 0 Å². The largest absolute Gasteiger partial charge is 0.0928 e. The molecule has 1 rings (SSSR count). The number of rotatable bonds is 5. The molecule has 68 valence electrons. The van der Waals surface area contributed by atoms with E-state index < -0.39 is 0 Å². The Morgan fingerprint density at radius 2 is 1.92 bits per heavy atom. The molecule has 13 heavy (non-hydrogen) atoms. The van der Waals surface area contributed by atoms with Crippen LogP contribution in [-0.2, 0) is 6.42 Å². The summed E-state index contributed by atoms with van der Waals surface area (Å²) in [5.41, 5.74) is 1.34. The molecule has 2 radical (unpaired) electrons. The third kappa shape index (κ3) is 4.51. The molecule has 0 fully saturated rings. The highest BCUT2D eigenvalue weighted by Gasteiger charge is 2.01. The predicted molar refractivity (Wildman–Crippen MR) is 62.7 cm³/mol. The fraction of sp³-hybridized carbons (Fsp3) is 0.455. The van der Waals surface area contributed by atoms with Crippen molar-refractivity contribution in [1.82, 2.24) is 0 Å². The summed E-state index contributed by atoms with van der Waals surface area (Å²) in [6, 6.07) is 10.4. The fourth-order valence-corrected chi connectivity index (χ4v) is 1.68. The Hall–Kier alpha value is -0.235. The Bertz CT molecular complexity index is 223. The summed E-state index contributed by atoms with van der Waals surface area (Å²) in [6.45, 7) is 0. The lowest BCUT2D eigenvalue weighted by Crippen LogP contribution is -1.97. The highest BCUT2D eigenvalue weighted by Crippen LogP contribution is 2.16. The summed E-state index contributed by atoms with van der Waals surface area (Å²) in [4.78, 5) is 0. The van der Waals surface area contributed by atoms with E-state index in [0.717, 1.165) is 24.6 Å². The summed E-state index contributed by atoms with van der Waals surface area (Å²) in [7, 11) is 5.97. The van der Waals surface area contributed by atoms with Crippen molar-refractivity contribution < 1.29 is 0 Å². The minimum Gasteiger partial charge on any atom is -0.0928 e. The summed E-state index contributed by atoms with van der Waals surface area (Å²) in [5, 5.41) is 1.05. The van der Waals surface area contributed by atoms with Crippen molar-refractivity contribution in [1.29, 1.82) is 0 Å². The molecule has 0 aliphatic carbocycles. The summed E-state index contributed by atoms with van der Waals surface area (Å²) >= 11 is 3.41. The van der Waals surface area contributed by atoms with Gasteiger partial charge in [0.2, 0.25) is 0 Å². The Morgan fingerprint density at radius 1 is 1.23 bits per heavy atom. The Balaban J connectivity index is 2.32. The molecule has 0 bridgehead atoms. The molecule has 0 nitrogen and oxygen atoms in total. The predicted octanol–water partition coefficient (Wildman–Crippen LogP) is 3.36. The second-order valence-corrected chi connectivity index (χ2v) is 4.07. The van der Waals surface area contributed by atoms with Crippen molar-refractivity contribution in [2.45, 2.75) is 25.1 Å². The normalized spacial score (nSPS) is 12.7. The third-order valence-electron chi connectivity index (χ3n) is 2.05. The molecule has 1 aromatic rings. The molecule has 0 saturated carbocycles. The van der Waals surface area contributed by atoms with Crippen LogP contribution in [-0.4, -0.2) is 13.2 Å². The van der Waals surface area contributed by atoms with Crippen molar-refractivity contribution in [2.24, 2.45) is 0 Å². The Labute approximate surface area is 90.3 Å². The molecule has 0 aliphatic rings. The number of hydrogen-bond donors (Lipinski definition) is 0. The minimum absolute atomic E-state index is 0.306. The van der Waals surface area contributed by atoms with Gasteiger partial charge >= 0.3 is 0 Å². The van der Waals surface area contributed by atoms with Gasteiger partial charge in [-0.25, -0.2) is 0 Å². The van der Waals surface area contributed by atoms with E-state index in [-0.39, 0.29) is 0 Å². The van der Waals surface area contributed by atoms with Crippen LogP contribution in [0.15, 0.2) is 30.3 Å². The molecular weight excluding hydrogens is 223 g/mol. The van der Waals surface area contributed by atoms with Gasteiger partial charge in [0.15, 0.2) is 0 Å². The lowest BCUT2D eigenvalue weighted by Gasteiger charge is -2.10. The minimum atomic E-state index is 0.306. The molecule has 0 unspecified atom stereocenters. The van der Waals surface area contributed by atoms with Gasteiger partial charge < -0.3 is 0 Å². The number of halogens is 1. The van der Waals surface area contributed by atoms with Gasteiger partial charge in [-0.1, -0.05) is 58.5 Å². The van der Waals surface area contributed by atoms with E-state index in [4.69, 9.17) is 7.85 Å². The Kier molecular flexibility index (Phi) is 5.22. The van der Waals surface area contributed by atoms with Crippen LogP contribution >= 0.6 is 15.9 Å². The maximum atomic E-state index is 5.97. The molecule has 0 aromatic heterocycles. The third-order valence-corrected chi connectivity index (χ3v) is 2.61. The van der Waals surface area contributed by atoms with Crippen LogP contribution in [0.1, 0.15) is 18.4 Å². The molecule has 1 aromatic carbocycles. The summed E-state index contributed by atoms with van der Waals surface area (Å²) in [5.74, 6) is 0.306. The quantitative estimate of drug-likeness (QED) is 0.544.